The molecule has 0 radical (unpaired) electrons. The van der Waals surface area contributed by atoms with Gasteiger partial charge in [-0.05, 0) is 61.6 Å². The average molecular weight is 282 g/mol. The fraction of sp³-hybridized carbons (Fsp3) is 0.533. The Morgan fingerprint density at radius 2 is 1.95 bits per heavy atom. The van der Waals surface area contributed by atoms with E-state index in [1.54, 1.807) is 0 Å². The van der Waals surface area contributed by atoms with E-state index in [1.165, 1.54) is 43.9 Å². The number of hydrogen-bond acceptors (Lipinski definition) is 1. The Hall–Kier alpha value is -1.09. The molecule has 0 aliphatic heterocycles. The van der Waals surface area contributed by atoms with Crippen molar-refractivity contribution in [2.24, 2.45) is 17.8 Å². The van der Waals surface area contributed by atoms with Crippen molar-refractivity contribution in [2.75, 3.05) is 6.54 Å². The second-order valence-corrected chi connectivity index (χ2v) is 6.11. The fourth-order valence-corrected chi connectivity index (χ4v) is 2.92. The standard InChI is InChI=1S/C15H17ClFNO/c16-11-5-6-14(17)12(7-11)15(19)18-8-13(9-1-2-9)10-3-4-10/h5-7,9-10,13H,1-4,8H2,(H,18,19). The van der Waals surface area contributed by atoms with Crippen LogP contribution in [0.2, 0.25) is 5.02 Å². The second kappa shape index (κ2) is 5.12. The van der Waals surface area contributed by atoms with Gasteiger partial charge in [0.25, 0.3) is 5.91 Å². The summed E-state index contributed by atoms with van der Waals surface area (Å²) >= 11 is 5.80. The number of carbonyl (C=O) groups is 1. The largest absolute Gasteiger partial charge is 0.352 e. The molecule has 4 heteroatoms. The van der Waals surface area contributed by atoms with Gasteiger partial charge in [0.05, 0.1) is 5.56 Å². The maximum absolute atomic E-state index is 13.6. The number of rotatable bonds is 5. The summed E-state index contributed by atoms with van der Waals surface area (Å²) in [7, 11) is 0. The lowest BCUT2D eigenvalue weighted by Gasteiger charge is -2.16. The van der Waals surface area contributed by atoms with Gasteiger partial charge in [-0.15, -0.1) is 0 Å². The van der Waals surface area contributed by atoms with Crippen molar-refractivity contribution in [3.05, 3.63) is 34.6 Å². The van der Waals surface area contributed by atoms with Gasteiger partial charge < -0.3 is 5.32 Å². The van der Waals surface area contributed by atoms with Crippen molar-refractivity contribution < 1.29 is 9.18 Å². The zero-order valence-electron chi connectivity index (χ0n) is 10.7. The molecule has 102 valence electrons. The SMILES string of the molecule is O=C(NCC(C1CC1)C1CC1)c1cc(Cl)ccc1F. The summed E-state index contributed by atoms with van der Waals surface area (Å²) < 4.78 is 13.6. The Labute approximate surface area is 117 Å². The van der Waals surface area contributed by atoms with Crippen LogP contribution in [0.1, 0.15) is 36.0 Å². The van der Waals surface area contributed by atoms with Crippen molar-refractivity contribution >= 4 is 17.5 Å². The van der Waals surface area contributed by atoms with Crippen LogP contribution >= 0.6 is 11.6 Å². The minimum absolute atomic E-state index is 0.0397. The molecular formula is C15H17ClFNO. The van der Waals surface area contributed by atoms with Crippen molar-refractivity contribution in [3.63, 3.8) is 0 Å². The number of benzene rings is 1. The van der Waals surface area contributed by atoms with Crippen molar-refractivity contribution in [2.45, 2.75) is 25.7 Å². The average Bonchev–Trinajstić information content (AvgIpc) is 3.25. The van der Waals surface area contributed by atoms with Gasteiger partial charge in [-0.1, -0.05) is 11.6 Å². The molecule has 2 saturated carbocycles. The summed E-state index contributed by atoms with van der Waals surface area (Å²) in [5.41, 5.74) is 0.0397. The lowest BCUT2D eigenvalue weighted by molar-refractivity contribution is 0.0939. The first-order valence-electron chi connectivity index (χ1n) is 6.88. The number of carbonyl (C=O) groups excluding carboxylic acids is 1. The summed E-state index contributed by atoms with van der Waals surface area (Å²) in [6, 6.07) is 4.07. The van der Waals surface area contributed by atoms with Crippen molar-refractivity contribution in [3.8, 4) is 0 Å². The number of halogens is 2. The highest BCUT2D eigenvalue weighted by Gasteiger charge is 2.41. The maximum atomic E-state index is 13.6. The second-order valence-electron chi connectivity index (χ2n) is 5.67. The van der Waals surface area contributed by atoms with Crippen LogP contribution in [0.5, 0.6) is 0 Å². The summed E-state index contributed by atoms with van der Waals surface area (Å²) in [5.74, 6) is 1.27. The first-order chi connectivity index (χ1) is 9.15. The Kier molecular flexibility index (Phi) is 3.48. The zero-order chi connectivity index (χ0) is 13.4. The summed E-state index contributed by atoms with van der Waals surface area (Å²) in [5, 5.41) is 3.25. The molecule has 0 unspecified atom stereocenters. The van der Waals surface area contributed by atoms with Crippen molar-refractivity contribution in [1.82, 2.24) is 5.32 Å². The molecule has 3 rings (SSSR count). The minimum Gasteiger partial charge on any atom is -0.352 e. The third kappa shape index (κ3) is 3.08. The van der Waals surface area contributed by atoms with Gasteiger partial charge in [-0.3, -0.25) is 4.79 Å². The summed E-state index contributed by atoms with van der Waals surface area (Å²) in [4.78, 5) is 12.0. The molecule has 0 heterocycles. The van der Waals surface area contributed by atoms with Gasteiger partial charge in [-0.2, -0.15) is 0 Å². The lowest BCUT2D eigenvalue weighted by Crippen LogP contribution is -2.31. The van der Waals surface area contributed by atoms with Crippen LogP contribution < -0.4 is 5.32 Å². The fourth-order valence-electron chi connectivity index (χ4n) is 2.74. The van der Waals surface area contributed by atoms with E-state index in [0.717, 1.165) is 11.8 Å². The third-order valence-corrected chi connectivity index (χ3v) is 4.36. The van der Waals surface area contributed by atoms with Gasteiger partial charge in [0.2, 0.25) is 0 Å². The highest BCUT2D eigenvalue weighted by Crippen LogP contribution is 2.48. The molecule has 0 aromatic heterocycles. The minimum atomic E-state index is -0.517. The summed E-state index contributed by atoms with van der Waals surface area (Å²) in [6.45, 7) is 0.667. The first-order valence-corrected chi connectivity index (χ1v) is 7.26. The molecule has 0 spiro atoms. The molecule has 2 aliphatic rings. The van der Waals surface area contributed by atoms with Crippen LogP contribution in [0.25, 0.3) is 0 Å². The monoisotopic (exact) mass is 281 g/mol. The predicted molar refractivity (Wildman–Crippen MR) is 72.7 cm³/mol. The first kappa shape index (κ1) is 12.9. The predicted octanol–water partition coefficient (Wildman–Crippen LogP) is 3.65. The topological polar surface area (TPSA) is 29.1 Å². The smallest absolute Gasteiger partial charge is 0.254 e. The van der Waals surface area contributed by atoms with Gasteiger partial charge >= 0.3 is 0 Å². The van der Waals surface area contributed by atoms with E-state index in [0.29, 0.717) is 17.5 Å². The van der Waals surface area contributed by atoms with E-state index >= 15 is 0 Å². The normalized spacial score (nSPS) is 18.7. The molecule has 1 amide bonds. The van der Waals surface area contributed by atoms with Crippen LogP contribution in [0.4, 0.5) is 4.39 Å². The Balaban J connectivity index is 1.62. The maximum Gasteiger partial charge on any atom is 0.254 e. The number of amides is 1. The molecule has 0 bridgehead atoms. The molecular weight excluding hydrogens is 265 g/mol. The highest BCUT2D eigenvalue weighted by molar-refractivity contribution is 6.30. The lowest BCUT2D eigenvalue weighted by atomic mass is 9.98. The van der Waals surface area contributed by atoms with Gasteiger partial charge in [0.1, 0.15) is 5.82 Å². The molecule has 1 aromatic rings. The summed E-state index contributed by atoms with van der Waals surface area (Å²) in [6.07, 6.45) is 5.12. The number of nitrogens with one attached hydrogen (secondary N) is 1. The quantitative estimate of drug-likeness (QED) is 0.877. The van der Waals surface area contributed by atoms with Crippen LogP contribution in [-0.4, -0.2) is 12.5 Å². The van der Waals surface area contributed by atoms with Crippen molar-refractivity contribution in [1.29, 1.82) is 0 Å². The van der Waals surface area contributed by atoms with E-state index in [9.17, 15) is 9.18 Å². The Bertz CT molecular complexity index is 485. The Morgan fingerprint density at radius 1 is 1.32 bits per heavy atom. The molecule has 0 saturated heterocycles. The van der Waals surface area contributed by atoms with E-state index in [4.69, 9.17) is 11.6 Å². The van der Waals surface area contributed by atoms with E-state index in [-0.39, 0.29) is 11.5 Å². The van der Waals surface area contributed by atoms with Gasteiger partial charge in [0, 0.05) is 11.6 Å². The third-order valence-electron chi connectivity index (χ3n) is 4.13. The van der Waals surface area contributed by atoms with Gasteiger partial charge in [-0.25, -0.2) is 4.39 Å². The van der Waals surface area contributed by atoms with E-state index < -0.39 is 5.82 Å². The van der Waals surface area contributed by atoms with E-state index in [1.807, 2.05) is 0 Å². The van der Waals surface area contributed by atoms with Crippen LogP contribution in [0.3, 0.4) is 0 Å². The van der Waals surface area contributed by atoms with Crippen LogP contribution in [0, 0.1) is 23.6 Å². The molecule has 2 fully saturated rings. The molecule has 19 heavy (non-hydrogen) atoms. The molecule has 0 atom stereocenters. The van der Waals surface area contributed by atoms with Crippen LogP contribution in [-0.2, 0) is 0 Å². The molecule has 1 N–H and O–H groups in total. The number of hydrogen-bond donors (Lipinski definition) is 1. The van der Waals surface area contributed by atoms with Crippen LogP contribution in [0.15, 0.2) is 18.2 Å². The highest BCUT2D eigenvalue weighted by atomic mass is 35.5. The van der Waals surface area contributed by atoms with Gasteiger partial charge in [0.15, 0.2) is 0 Å². The zero-order valence-corrected chi connectivity index (χ0v) is 11.4. The Morgan fingerprint density at radius 3 is 2.53 bits per heavy atom. The molecule has 2 aliphatic carbocycles. The van der Waals surface area contributed by atoms with E-state index in [2.05, 4.69) is 5.32 Å². The molecule has 1 aromatic carbocycles. The molecule has 2 nitrogen and oxygen atoms in total.